The smallest absolute Gasteiger partial charge is 0.227 e. The standard InChI is InChI=1S/C16H18N2O2/c1-18(12-13-6-5-9-17-11-13)16(19)10-14-7-3-4-8-15(14)20-2/h3-9,11H,10,12H2,1-2H3. The number of nitrogens with zero attached hydrogens (tertiary/aromatic N) is 2. The van der Waals surface area contributed by atoms with Gasteiger partial charge in [0.1, 0.15) is 5.75 Å². The van der Waals surface area contributed by atoms with E-state index in [1.165, 1.54) is 0 Å². The molecule has 0 unspecified atom stereocenters. The molecule has 2 rings (SSSR count). The van der Waals surface area contributed by atoms with Crippen LogP contribution in [0.1, 0.15) is 11.1 Å². The average molecular weight is 270 g/mol. The molecule has 1 amide bonds. The first-order valence-electron chi connectivity index (χ1n) is 6.45. The molecule has 0 bridgehead atoms. The van der Waals surface area contributed by atoms with Crippen molar-refractivity contribution in [3.05, 3.63) is 59.9 Å². The van der Waals surface area contributed by atoms with Crippen LogP contribution in [0.5, 0.6) is 5.75 Å². The van der Waals surface area contributed by atoms with Gasteiger partial charge in [0.2, 0.25) is 5.91 Å². The number of hydrogen-bond acceptors (Lipinski definition) is 3. The van der Waals surface area contributed by atoms with E-state index in [0.29, 0.717) is 13.0 Å². The molecule has 20 heavy (non-hydrogen) atoms. The molecule has 0 atom stereocenters. The number of carbonyl (C=O) groups excluding carboxylic acids is 1. The third-order valence-electron chi connectivity index (χ3n) is 3.10. The summed E-state index contributed by atoms with van der Waals surface area (Å²) in [6.07, 6.45) is 3.83. The van der Waals surface area contributed by atoms with Crippen molar-refractivity contribution in [2.45, 2.75) is 13.0 Å². The molecule has 0 aliphatic heterocycles. The molecule has 0 aliphatic rings. The van der Waals surface area contributed by atoms with Crippen molar-refractivity contribution in [2.75, 3.05) is 14.2 Å². The summed E-state index contributed by atoms with van der Waals surface area (Å²) in [7, 11) is 3.41. The van der Waals surface area contributed by atoms with E-state index in [9.17, 15) is 4.79 Å². The lowest BCUT2D eigenvalue weighted by molar-refractivity contribution is -0.129. The monoisotopic (exact) mass is 270 g/mol. The van der Waals surface area contributed by atoms with Gasteiger partial charge in [0, 0.05) is 31.5 Å². The third-order valence-corrected chi connectivity index (χ3v) is 3.10. The number of methoxy groups -OCH3 is 1. The van der Waals surface area contributed by atoms with E-state index in [0.717, 1.165) is 16.9 Å². The predicted molar refractivity (Wildman–Crippen MR) is 77.4 cm³/mol. The second kappa shape index (κ2) is 6.70. The number of para-hydroxylation sites is 1. The molecular formula is C16H18N2O2. The molecule has 0 saturated heterocycles. The van der Waals surface area contributed by atoms with Gasteiger partial charge in [0.25, 0.3) is 0 Å². The Morgan fingerprint density at radius 2 is 2.05 bits per heavy atom. The van der Waals surface area contributed by atoms with Crippen LogP contribution in [-0.4, -0.2) is 29.9 Å². The first kappa shape index (κ1) is 14.1. The van der Waals surface area contributed by atoms with Gasteiger partial charge in [0.15, 0.2) is 0 Å². The molecule has 0 saturated carbocycles. The van der Waals surface area contributed by atoms with E-state index in [1.54, 1.807) is 31.5 Å². The number of aromatic nitrogens is 1. The molecule has 4 nitrogen and oxygen atoms in total. The summed E-state index contributed by atoms with van der Waals surface area (Å²) < 4.78 is 5.26. The maximum absolute atomic E-state index is 12.2. The summed E-state index contributed by atoms with van der Waals surface area (Å²) in [4.78, 5) is 18.0. The summed E-state index contributed by atoms with van der Waals surface area (Å²) in [6.45, 7) is 0.557. The third kappa shape index (κ3) is 3.57. The Balaban J connectivity index is 2.01. The number of ether oxygens (including phenoxy) is 1. The lowest BCUT2D eigenvalue weighted by Gasteiger charge is -2.18. The second-order valence-corrected chi connectivity index (χ2v) is 4.60. The van der Waals surface area contributed by atoms with Crippen molar-refractivity contribution in [1.29, 1.82) is 0 Å². The number of pyridine rings is 1. The number of likely N-dealkylation sites (N-methyl/N-ethyl adjacent to an activating group) is 1. The first-order valence-corrected chi connectivity index (χ1v) is 6.45. The lowest BCUT2D eigenvalue weighted by atomic mass is 10.1. The van der Waals surface area contributed by atoms with E-state index in [-0.39, 0.29) is 5.91 Å². The minimum absolute atomic E-state index is 0.0540. The second-order valence-electron chi connectivity index (χ2n) is 4.60. The topological polar surface area (TPSA) is 42.4 Å². The van der Waals surface area contributed by atoms with Crippen molar-refractivity contribution < 1.29 is 9.53 Å². The summed E-state index contributed by atoms with van der Waals surface area (Å²) in [5.41, 5.74) is 1.92. The zero-order valence-electron chi connectivity index (χ0n) is 11.7. The van der Waals surface area contributed by atoms with E-state index in [1.807, 2.05) is 36.4 Å². The molecular weight excluding hydrogens is 252 g/mol. The van der Waals surface area contributed by atoms with Crippen LogP contribution >= 0.6 is 0 Å². The van der Waals surface area contributed by atoms with Gasteiger partial charge in [-0.3, -0.25) is 9.78 Å². The van der Waals surface area contributed by atoms with Crippen LogP contribution in [0.15, 0.2) is 48.8 Å². The molecule has 104 valence electrons. The van der Waals surface area contributed by atoms with Crippen LogP contribution in [0.25, 0.3) is 0 Å². The van der Waals surface area contributed by atoms with Gasteiger partial charge in [-0.25, -0.2) is 0 Å². The van der Waals surface area contributed by atoms with Gasteiger partial charge in [-0.05, 0) is 17.7 Å². The Morgan fingerprint density at radius 3 is 2.75 bits per heavy atom. The Kier molecular flexibility index (Phi) is 4.71. The van der Waals surface area contributed by atoms with Crippen molar-refractivity contribution >= 4 is 5.91 Å². The number of amides is 1. The Labute approximate surface area is 119 Å². The average Bonchev–Trinajstić information content (AvgIpc) is 2.48. The van der Waals surface area contributed by atoms with E-state index in [4.69, 9.17) is 4.74 Å². The van der Waals surface area contributed by atoms with E-state index < -0.39 is 0 Å². The zero-order chi connectivity index (χ0) is 14.4. The SMILES string of the molecule is COc1ccccc1CC(=O)N(C)Cc1cccnc1. The molecule has 1 aromatic heterocycles. The van der Waals surface area contributed by atoms with Crippen molar-refractivity contribution in [2.24, 2.45) is 0 Å². The summed E-state index contributed by atoms with van der Waals surface area (Å²) >= 11 is 0. The summed E-state index contributed by atoms with van der Waals surface area (Å²) in [5.74, 6) is 0.800. The number of hydrogen-bond donors (Lipinski definition) is 0. The maximum atomic E-state index is 12.2. The highest BCUT2D eigenvalue weighted by molar-refractivity contribution is 5.79. The molecule has 1 aromatic carbocycles. The largest absolute Gasteiger partial charge is 0.496 e. The Bertz CT molecular complexity index is 570. The molecule has 4 heteroatoms. The molecule has 2 aromatic rings. The van der Waals surface area contributed by atoms with Crippen LogP contribution in [0.3, 0.4) is 0 Å². The molecule has 0 N–H and O–H groups in total. The quantitative estimate of drug-likeness (QED) is 0.837. The summed E-state index contributed by atoms with van der Waals surface area (Å²) in [5, 5.41) is 0. The van der Waals surface area contributed by atoms with Gasteiger partial charge < -0.3 is 9.64 Å². The number of rotatable bonds is 5. The molecule has 1 heterocycles. The van der Waals surface area contributed by atoms with E-state index in [2.05, 4.69) is 4.98 Å². The predicted octanol–water partition coefficient (Wildman–Crippen LogP) is 2.29. The lowest BCUT2D eigenvalue weighted by Crippen LogP contribution is -2.27. The molecule has 0 aliphatic carbocycles. The van der Waals surface area contributed by atoms with Crippen LogP contribution in [0, 0.1) is 0 Å². The fourth-order valence-electron chi connectivity index (χ4n) is 2.00. The minimum Gasteiger partial charge on any atom is -0.496 e. The molecule has 0 spiro atoms. The van der Waals surface area contributed by atoms with Gasteiger partial charge in [-0.15, -0.1) is 0 Å². The first-order chi connectivity index (χ1) is 9.70. The van der Waals surface area contributed by atoms with Crippen molar-refractivity contribution in [1.82, 2.24) is 9.88 Å². The number of carbonyl (C=O) groups is 1. The van der Waals surface area contributed by atoms with Gasteiger partial charge >= 0.3 is 0 Å². The maximum Gasteiger partial charge on any atom is 0.227 e. The fraction of sp³-hybridized carbons (Fsp3) is 0.250. The Morgan fingerprint density at radius 1 is 1.25 bits per heavy atom. The minimum atomic E-state index is 0.0540. The highest BCUT2D eigenvalue weighted by atomic mass is 16.5. The van der Waals surface area contributed by atoms with Crippen molar-refractivity contribution in [3.63, 3.8) is 0 Å². The Hall–Kier alpha value is -2.36. The van der Waals surface area contributed by atoms with Crippen LogP contribution in [0.4, 0.5) is 0 Å². The van der Waals surface area contributed by atoms with Crippen LogP contribution < -0.4 is 4.74 Å². The zero-order valence-corrected chi connectivity index (χ0v) is 11.7. The highest BCUT2D eigenvalue weighted by Gasteiger charge is 2.12. The van der Waals surface area contributed by atoms with Gasteiger partial charge in [-0.2, -0.15) is 0 Å². The van der Waals surface area contributed by atoms with Gasteiger partial charge in [-0.1, -0.05) is 24.3 Å². The highest BCUT2D eigenvalue weighted by Crippen LogP contribution is 2.18. The number of benzene rings is 1. The normalized spacial score (nSPS) is 10.1. The van der Waals surface area contributed by atoms with Crippen LogP contribution in [0.2, 0.25) is 0 Å². The van der Waals surface area contributed by atoms with E-state index >= 15 is 0 Å². The molecule has 0 fully saturated rings. The molecule has 0 radical (unpaired) electrons. The fourth-order valence-corrected chi connectivity index (χ4v) is 2.00. The van der Waals surface area contributed by atoms with Crippen LogP contribution in [-0.2, 0) is 17.8 Å². The summed E-state index contributed by atoms with van der Waals surface area (Å²) in [6, 6.07) is 11.4. The van der Waals surface area contributed by atoms with Gasteiger partial charge in [0.05, 0.1) is 13.5 Å². The van der Waals surface area contributed by atoms with Crippen molar-refractivity contribution in [3.8, 4) is 5.75 Å².